The summed E-state index contributed by atoms with van der Waals surface area (Å²) in [6, 6.07) is 19.0. The predicted octanol–water partition coefficient (Wildman–Crippen LogP) is 3.73. The zero-order valence-electron chi connectivity index (χ0n) is 18.9. The number of likely N-dealkylation sites (N-methyl/N-ethyl adjacent to an activating group) is 1. The molecule has 2 aromatic rings. The van der Waals surface area contributed by atoms with Crippen molar-refractivity contribution in [3.8, 4) is 5.75 Å². The van der Waals surface area contributed by atoms with Crippen molar-refractivity contribution >= 4 is 35.8 Å². The number of rotatable bonds is 5. The largest absolute Gasteiger partial charge is 0.493 e. The zero-order chi connectivity index (χ0) is 21.6. The Kier molecular flexibility index (Phi) is 8.78. The third-order valence-corrected chi connectivity index (χ3v) is 6.08. The molecule has 7 heteroatoms. The number of fused-ring (bicyclic) bond motifs is 1. The van der Waals surface area contributed by atoms with E-state index in [-0.39, 0.29) is 42.5 Å². The number of aliphatic imine (C=N–C) groups is 1. The molecule has 0 bridgehead atoms. The van der Waals surface area contributed by atoms with Gasteiger partial charge in [-0.05, 0) is 30.4 Å². The van der Waals surface area contributed by atoms with Crippen LogP contribution in [0.3, 0.4) is 0 Å². The minimum absolute atomic E-state index is 0. The second kappa shape index (κ2) is 11.5. The zero-order valence-corrected chi connectivity index (χ0v) is 21.2. The molecule has 1 N–H and O–H groups in total. The standard InChI is InChI=1S/C25H32N4O2.HI/c1-28(2)24(30)17-26-25(27-22-13-15-31-23-11-7-6-10-21(22)23)29-14-12-20(18-29)16-19-8-4-3-5-9-19;/h3-11,20,22H,12-18H2,1-2H3,(H,26,27);1H. The fourth-order valence-corrected chi connectivity index (χ4v) is 4.31. The van der Waals surface area contributed by atoms with E-state index in [1.54, 1.807) is 19.0 Å². The van der Waals surface area contributed by atoms with Gasteiger partial charge in [-0.3, -0.25) is 4.79 Å². The number of guanidine groups is 1. The number of para-hydroxylation sites is 1. The Labute approximate surface area is 208 Å². The number of amides is 1. The first kappa shape index (κ1) is 24.4. The van der Waals surface area contributed by atoms with Gasteiger partial charge in [0.2, 0.25) is 5.91 Å². The van der Waals surface area contributed by atoms with Gasteiger partial charge in [0.15, 0.2) is 5.96 Å². The van der Waals surface area contributed by atoms with E-state index in [9.17, 15) is 4.79 Å². The van der Waals surface area contributed by atoms with E-state index < -0.39 is 0 Å². The van der Waals surface area contributed by atoms with Crippen LogP contribution in [0.1, 0.15) is 30.0 Å². The van der Waals surface area contributed by atoms with Gasteiger partial charge < -0.3 is 19.9 Å². The molecule has 2 aliphatic heterocycles. The molecule has 0 aliphatic carbocycles. The van der Waals surface area contributed by atoms with Crippen molar-refractivity contribution in [3.05, 3.63) is 65.7 Å². The summed E-state index contributed by atoms with van der Waals surface area (Å²) in [5.41, 5.74) is 2.53. The van der Waals surface area contributed by atoms with Gasteiger partial charge in [0.25, 0.3) is 0 Å². The Hall–Kier alpha value is -2.29. The molecule has 1 amide bonds. The molecule has 2 aromatic carbocycles. The summed E-state index contributed by atoms with van der Waals surface area (Å²) in [5.74, 6) is 2.35. The molecule has 172 valence electrons. The quantitative estimate of drug-likeness (QED) is 0.352. The van der Waals surface area contributed by atoms with Crippen molar-refractivity contribution in [2.75, 3.05) is 40.3 Å². The summed E-state index contributed by atoms with van der Waals surface area (Å²) in [6.07, 6.45) is 3.07. The highest BCUT2D eigenvalue weighted by Crippen LogP contribution is 2.32. The number of likely N-dealkylation sites (tertiary alicyclic amines) is 1. The fraction of sp³-hybridized carbons (Fsp3) is 0.440. The smallest absolute Gasteiger partial charge is 0.243 e. The molecular weight excluding hydrogens is 515 g/mol. The van der Waals surface area contributed by atoms with E-state index in [1.165, 1.54) is 5.56 Å². The molecule has 0 spiro atoms. The molecule has 0 saturated carbocycles. The van der Waals surface area contributed by atoms with Crippen LogP contribution in [0.4, 0.5) is 0 Å². The van der Waals surface area contributed by atoms with Crippen LogP contribution in [0, 0.1) is 5.92 Å². The van der Waals surface area contributed by atoms with E-state index in [1.807, 2.05) is 18.2 Å². The average Bonchev–Trinajstić information content (AvgIpc) is 3.25. The Bertz CT molecular complexity index is 919. The summed E-state index contributed by atoms with van der Waals surface area (Å²) in [7, 11) is 3.54. The Morgan fingerprint density at radius 3 is 2.66 bits per heavy atom. The van der Waals surface area contributed by atoms with Crippen LogP contribution >= 0.6 is 24.0 Å². The highest BCUT2D eigenvalue weighted by atomic mass is 127. The number of carbonyl (C=O) groups excluding carboxylic acids is 1. The van der Waals surface area contributed by atoms with Crippen molar-refractivity contribution in [2.45, 2.75) is 25.3 Å². The van der Waals surface area contributed by atoms with Gasteiger partial charge in [0.05, 0.1) is 12.6 Å². The molecule has 1 saturated heterocycles. The van der Waals surface area contributed by atoms with Crippen molar-refractivity contribution in [2.24, 2.45) is 10.9 Å². The summed E-state index contributed by atoms with van der Waals surface area (Å²) in [6.45, 7) is 2.72. The number of ether oxygens (including phenoxy) is 1. The van der Waals surface area contributed by atoms with E-state index in [4.69, 9.17) is 9.73 Å². The van der Waals surface area contributed by atoms with Crippen molar-refractivity contribution in [3.63, 3.8) is 0 Å². The number of nitrogens with one attached hydrogen (secondary N) is 1. The van der Waals surface area contributed by atoms with E-state index in [2.05, 4.69) is 46.6 Å². The Morgan fingerprint density at radius 1 is 1.12 bits per heavy atom. The molecule has 4 rings (SSSR count). The maximum Gasteiger partial charge on any atom is 0.243 e. The van der Waals surface area contributed by atoms with Gasteiger partial charge in [0, 0.05) is 39.2 Å². The normalized spacial score (nSPS) is 20.1. The lowest BCUT2D eigenvalue weighted by Gasteiger charge is -2.31. The van der Waals surface area contributed by atoms with E-state index >= 15 is 0 Å². The summed E-state index contributed by atoms with van der Waals surface area (Å²) in [4.78, 5) is 20.9. The van der Waals surface area contributed by atoms with Gasteiger partial charge in [-0.2, -0.15) is 0 Å². The maximum atomic E-state index is 12.2. The van der Waals surface area contributed by atoms with Crippen molar-refractivity contribution < 1.29 is 9.53 Å². The van der Waals surface area contributed by atoms with Crippen molar-refractivity contribution in [1.82, 2.24) is 15.1 Å². The van der Waals surface area contributed by atoms with E-state index in [0.717, 1.165) is 49.6 Å². The number of halogens is 1. The van der Waals surface area contributed by atoms with Crippen LogP contribution in [0.2, 0.25) is 0 Å². The first-order chi connectivity index (χ1) is 15.1. The van der Waals surface area contributed by atoms with Crippen LogP contribution in [-0.2, 0) is 11.2 Å². The lowest BCUT2D eigenvalue weighted by atomic mass is 9.99. The molecule has 0 aromatic heterocycles. The minimum Gasteiger partial charge on any atom is -0.493 e. The van der Waals surface area contributed by atoms with Crippen LogP contribution in [0.5, 0.6) is 5.75 Å². The van der Waals surface area contributed by atoms with Gasteiger partial charge in [-0.25, -0.2) is 4.99 Å². The first-order valence-corrected chi connectivity index (χ1v) is 11.1. The number of hydrogen-bond donors (Lipinski definition) is 1. The third-order valence-electron chi connectivity index (χ3n) is 6.08. The molecule has 2 unspecified atom stereocenters. The summed E-state index contributed by atoms with van der Waals surface area (Å²) in [5, 5.41) is 3.66. The number of hydrogen-bond acceptors (Lipinski definition) is 3. The number of benzene rings is 2. The van der Waals surface area contributed by atoms with Gasteiger partial charge >= 0.3 is 0 Å². The highest BCUT2D eigenvalue weighted by molar-refractivity contribution is 14.0. The minimum atomic E-state index is 0. The van der Waals surface area contributed by atoms with Gasteiger partial charge in [-0.1, -0.05) is 48.5 Å². The molecule has 2 heterocycles. The molecule has 6 nitrogen and oxygen atoms in total. The van der Waals surface area contributed by atoms with Crippen LogP contribution in [-0.4, -0.2) is 62.0 Å². The molecule has 2 atom stereocenters. The summed E-state index contributed by atoms with van der Waals surface area (Å²) < 4.78 is 5.82. The second-order valence-corrected chi connectivity index (χ2v) is 8.59. The lowest BCUT2D eigenvalue weighted by Crippen LogP contribution is -2.43. The average molecular weight is 548 g/mol. The van der Waals surface area contributed by atoms with Gasteiger partial charge in [0.1, 0.15) is 12.3 Å². The third kappa shape index (κ3) is 6.15. The topological polar surface area (TPSA) is 57.2 Å². The Balaban J connectivity index is 0.00000289. The molecule has 2 aliphatic rings. The van der Waals surface area contributed by atoms with Crippen molar-refractivity contribution in [1.29, 1.82) is 0 Å². The fourth-order valence-electron chi connectivity index (χ4n) is 4.31. The Morgan fingerprint density at radius 2 is 1.88 bits per heavy atom. The monoisotopic (exact) mass is 548 g/mol. The van der Waals surface area contributed by atoms with Crippen LogP contribution in [0.15, 0.2) is 59.6 Å². The van der Waals surface area contributed by atoms with Crippen LogP contribution in [0.25, 0.3) is 0 Å². The number of carbonyl (C=O) groups is 1. The molecule has 1 fully saturated rings. The lowest BCUT2D eigenvalue weighted by molar-refractivity contribution is -0.127. The van der Waals surface area contributed by atoms with Gasteiger partial charge in [-0.15, -0.1) is 24.0 Å². The SMILES string of the molecule is CN(C)C(=O)CN=C(NC1CCOc2ccccc21)N1CCC(Cc2ccccc2)C1.I. The number of nitrogens with zero attached hydrogens (tertiary/aromatic N) is 3. The summed E-state index contributed by atoms with van der Waals surface area (Å²) >= 11 is 0. The maximum absolute atomic E-state index is 12.2. The molecule has 0 radical (unpaired) electrons. The second-order valence-electron chi connectivity index (χ2n) is 8.59. The van der Waals surface area contributed by atoms with Crippen LogP contribution < -0.4 is 10.1 Å². The molecular formula is C25H33IN4O2. The highest BCUT2D eigenvalue weighted by Gasteiger charge is 2.29. The van der Waals surface area contributed by atoms with E-state index in [0.29, 0.717) is 12.5 Å². The first-order valence-electron chi connectivity index (χ1n) is 11.1. The molecule has 32 heavy (non-hydrogen) atoms. The predicted molar refractivity (Wildman–Crippen MR) is 139 cm³/mol.